The highest BCUT2D eigenvalue weighted by molar-refractivity contribution is 5.70. The van der Waals surface area contributed by atoms with E-state index in [4.69, 9.17) is 4.74 Å². The highest BCUT2D eigenvalue weighted by atomic mass is 16.6. The van der Waals surface area contributed by atoms with Gasteiger partial charge in [-0.3, -0.25) is 10.00 Å². The monoisotopic (exact) mass is 274 g/mol. The molecule has 3 aliphatic heterocycles. The maximum Gasteiger partial charge on any atom is 0.410 e. The van der Waals surface area contributed by atoms with Crippen molar-refractivity contribution >= 4 is 6.09 Å². The summed E-state index contributed by atoms with van der Waals surface area (Å²) in [7, 11) is 0. The summed E-state index contributed by atoms with van der Waals surface area (Å²) in [6.07, 6.45) is 2.33. The molecule has 20 heavy (non-hydrogen) atoms. The summed E-state index contributed by atoms with van der Waals surface area (Å²) < 4.78 is 5.41. The average Bonchev–Trinajstić information content (AvgIpc) is 2.67. The fourth-order valence-electron chi connectivity index (χ4n) is 2.29. The van der Waals surface area contributed by atoms with Gasteiger partial charge in [0.05, 0.1) is 11.7 Å². The van der Waals surface area contributed by atoms with Crippen LogP contribution in [0.4, 0.5) is 4.79 Å². The summed E-state index contributed by atoms with van der Waals surface area (Å²) in [6, 6.07) is 3.90. The van der Waals surface area contributed by atoms with Crippen molar-refractivity contribution in [2.45, 2.75) is 38.8 Å². The van der Waals surface area contributed by atoms with Crippen molar-refractivity contribution in [1.29, 1.82) is 0 Å². The van der Waals surface area contributed by atoms with Crippen LogP contribution >= 0.6 is 0 Å². The first-order chi connectivity index (χ1) is 9.44. The molecule has 6 heteroatoms. The van der Waals surface area contributed by atoms with Crippen LogP contribution in [0.3, 0.4) is 0 Å². The van der Waals surface area contributed by atoms with Crippen LogP contribution in [-0.4, -0.2) is 38.3 Å². The summed E-state index contributed by atoms with van der Waals surface area (Å²) in [4.78, 5) is 18.3. The number of amides is 1. The zero-order valence-electron chi connectivity index (χ0n) is 11.9. The van der Waals surface area contributed by atoms with Crippen LogP contribution < -0.4 is 0 Å². The molecule has 1 amide bonds. The fraction of sp³-hybridized carbons (Fsp3) is 0.500. The van der Waals surface area contributed by atoms with Gasteiger partial charge in [0.1, 0.15) is 5.60 Å². The van der Waals surface area contributed by atoms with Crippen molar-refractivity contribution in [3.63, 3.8) is 0 Å². The maximum atomic E-state index is 12.1. The molecular formula is C14H18N4O2. The maximum absolute atomic E-state index is 12.1. The largest absolute Gasteiger partial charge is 0.444 e. The van der Waals surface area contributed by atoms with Gasteiger partial charge in [-0.15, -0.1) is 0 Å². The van der Waals surface area contributed by atoms with Gasteiger partial charge >= 0.3 is 6.09 Å². The average molecular weight is 274 g/mol. The van der Waals surface area contributed by atoms with Crippen LogP contribution in [-0.2, 0) is 4.74 Å². The molecule has 0 saturated carbocycles. The molecule has 1 unspecified atom stereocenters. The van der Waals surface area contributed by atoms with Crippen molar-refractivity contribution < 1.29 is 9.53 Å². The number of aromatic amines is 1. The van der Waals surface area contributed by atoms with Gasteiger partial charge < -0.3 is 4.74 Å². The molecule has 6 nitrogen and oxygen atoms in total. The van der Waals surface area contributed by atoms with Gasteiger partial charge in [-0.05, 0) is 39.3 Å². The predicted molar refractivity (Wildman–Crippen MR) is 73.3 cm³/mol. The number of fused-ring (bicyclic) bond motifs is 1. The molecule has 0 bridgehead atoms. The number of likely N-dealkylation sites (tertiary alicyclic amines) is 1. The van der Waals surface area contributed by atoms with Crippen molar-refractivity contribution in [2.75, 3.05) is 6.54 Å². The van der Waals surface area contributed by atoms with Gasteiger partial charge in [-0.1, -0.05) is 0 Å². The minimum absolute atomic E-state index is 0.00523. The zero-order chi connectivity index (χ0) is 14.3. The molecule has 0 aromatic carbocycles. The van der Waals surface area contributed by atoms with Crippen LogP contribution in [0.25, 0.3) is 11.4 Å². The molecule has 0 aliphatic carbocycles. The number of ether oxygens (including phenoxy) is 1. The SMILES string of the molecule is CC(C)(C)OC(=O)N1CCC1c1cc2ccn[nH]c-2n1. The highest BCUT2D eigenvalue weighted by Crippen LogP contribution is 2.36. The molecule has 3 rings (SSSR count). The van der Waals surface area contributed by atoms with E-state index in [1.807, 2.05) is 32.9 Å². The molecule has 0 spiro atoms. The van der Waals surface area contributed by atoms with Crippen LogP contribution in [0.1, 0.15) is 38.9 Å². The van der Waals surface area contributed by atoms with Crippen molar-refractivity contribution in [2.24, 2.45) is 0 Å². The fourth-order valence-corrected chi connectivity index (χ4v) is 2.29. The number of rotatable bonds is 1. The second kappa shape index (κ2) is 4.47. The van der Waals surface area contributed by atoms with Crippen LogP contribution in [0.15, 0.2) is 18.3 Å². The number of nitrogens with zero attached hydrogens (tertiary/aromatic N) is 3. The van der Waals surface area contributed by atoms with Gasteiger partial charge in [0.25, 0.3) is 0 Å². The second-order valence-electron chi connectivity index (χ2n) is 6.02. The summed E-state index contributed by atoms with van der Waals surface area (Å²) in [5, 5.41) is 6.80. The summed E-state index contributed by atoms with van der Waals surface area (Å²) in [5.41, 5.74) is 1.42. The summed E-state index contributed by atoms with van der Waals surface area (Å²) in [5.74, 6) is 0.749. The molecule has 1 saturated heterocycles. The smallest absolute Gasteiger partial charge is 0.410 e. The third-order valence-corrected chi connectivity index (χ3v) is 3.31. The molecule has 0 aromatic heterocycles. The molecule has 1 fully saturated rings. The molecule has 3 aliphatic rings. The molecule has 106 valence electrons. The number of carbonyl (C=O) groups is 1. The van der Waals surface area contributed by atoms with Crippen molar-refractivity contribution in [3.8, 4) is 11.4 Å². The van der Waals surface area contributed by atoms with Crippen molar-refractivity contribution in [3.05, 3.63) is 24.0 Å². The number of hydrogen-bond acceptors (Lipinski definition) is 4. The predicted octanol–water partition coefficient (Wildman–Crippen LogP) is 2.59. The van der Waals surface area contributed by atoms with Gasteiger partial charge in [0.15, 0.2) is 5.82 Å². The van der Waals surface area contributed by atoms with E-state index >= 15 is 0 Å². The first kappa shape index (κ1) is 12.9. The van der Waals surface area contributed by atoms with Gasteiger partial charge in [0.2, 0.25) is 0 Å². The number of aromatic nitrogens is 3. The lowest BCUT2D eigenvalue weighted by molar-refractivity contribution is -0.00641. The Kier molecular flexibility index (Phi) is 2.88. The standard InChI is InChI=1S/C14H18N4O2/c1-14(2,3)20-13(19)18-7-5-11(18)10-8-9-4-6-15-17-12(9)16-10/h4,6,8,11H,5,7H2,1-3H3,(H,16,17). The third-order valence-electron chi connectivity index (χ3n) is 3.31. The lowest BCUT2D eigenvalue weighted by Crippen LogP contribution is -2.47. The van der Waals surface area contributed by atoms with Crippen molar-refractivity contribution in [1.82, 2.24) is 20.1 Å². The van der Waals surface area contributed by atoms with E-state index in [9.17, 15) is 4.79 Å². The minimum atomic E-state index is -0.473. The van der Waals surface area contributed by atoms with E-state index in [1.165, 1.54) is 0 Å². The molecule has 0 aromatic rings. The molecule has 3 heterocycles. The number of nitrogens with one attached hydrogen (secondary N) is 1. The highest BCUT2D eigenvalue weighted by Gasteiger charge is 2.37. The minimum Gasteiger partial charge on any atom is -0.444 e. The van der Waals surface area contributed by atoms with Gasteiger partial charge in [0, 0.05) is 18.3 Å². The Morgan fingerprint density at radius 2 is 2.30 bits per heavy atom. The Bertz CT molecular complexity index is 572. The van der Waals surface area contributed by atoms with Crippen LogP contribution in [0.5, 0.6) is 0 Å². The Balaban J connectivity index is 1.78. The van der Waals surface area contributed by atoms with E-state index in [1.54, 1.807) is 11.1 Å². The van der Waals surface area contributed by atoms with Gasteiger partial charge in [-0.25, -0.2) is 9.78 Å². The van der Waals surface area contributed by atoms with E-state index in [-0.39, 0.29) is 12.1 Å². The Hall–Kier alpha value is -2.11. The first-order valence-electron chi connectivity index (χ1n) is 6.74. The molecular weight excluding hydrogens is 256 g/mol. The lowest BCUT2D eigenvalue weighted by Gasteiger charge is -2.40. The lowest BCUT2D eigenvalue weighted by atomic mass is 10.0. The van der Waals surface area contributed by atoms with Gasteiger partial charge in [-0.2, -0.15) is 5.10 Å². The molecule has 1 N–H and O–H groups in total. The quantitative estimate of drug-likeness (QED) is 0.867. The summed E-state index contributed by atoms with van der Waals surface area (Å²) >= 11 is 0. The van der Waals surface area contributed by atoms with E-state index in [0.717, 1.165) is 23.5 Å². The van der Waals surface area contributed by atoms with E-state index in [0.29, 0.717) is 6.54 Å². The Morgan fingerprint density at radius 1 is 1.50 bits per heavy atom. The third kappa shape index (κ3) is 2.33. The Morgan fingerprint density at radius 3 is 2.90 bits per heavy atom. The summed E-state index contributed by atoms with van der Waals surface area (Å²) in [6.45, 7) is 6.32. The van der Waals surface area contributed by atoms with E-state index < -0.39 is 5.60 Å². The zero-order valence-corrected chi connectivity index (χ0v) is 11.9. The topological polar surface area (TPSA) is 71.1 Å². The normalized spacial score (nSPS) is 18.9. The van der Waals surface area contributed by atoms with E-state index in [2.05, 4.69) is 15.2 Å². The number of H-pyrrole nitrogens is 1. The molecule has 0 radical (unpaired) electrons. The second-order valence-corrected chi connectivity index (χ2v) is 6.02. The molecule has 1 atom stereocenters. The number of carbonyl (C=O) groups excluding carboxylic acids is 1. The first-order valence-corrected chi connectivity index (χ1v) is 6.74. The number of hydrogen-bond donors (Lipinski definition) is 1. The van der Waals surface area contributed by atoms with Crippen LogP contribution in [0.2, 0.25) is 0 Å². The Labute approximate surface area is 117 Å². The van der Waals surface area contributed by atoms with Crippen LogP contribution in [0, 0.1) is 0 Å².